The monoisotopic (exact) mass is 635 g/mol. The number of aromatic nitrogens is 3. The van der Waals surface area contributed by atoms with E-state index in [1.807, 2.05) is 12.4 Å². The number of pyridine rings is 3. The van der Waals surface area contributed by atoms with Gasteiger partial charge in [-0.05, 0) is 102 Å². The van der Waals surface area contributed by atoms with Crippen molar-refractivity contribution in [2.45, 2.75) is 56.3 Å². The van der Waals surface area contributed by atoms with E-state index >= 15 is 0 Å². The molecular formula is C46H41N3. The first-order chi connectivity index (χ1) is 24.1. The third-order valence-corrected chi connectivity index (χ3v) is 10.2. The lowest BCUT2D eigenvalue weighted by molar-refractivity contribution is 0.586. The molecule has 0 radical (unpaired) electrons. The zero-order valence-corrected chi connectivity index (χ0v) is 28.0. The van der Waals surface area contributed by atoms with Crippen molar-refractivity contribution in [2.75, 3.05) is 0 Å². The maximum Gasteiger partial charge on any atom is 0.0715 e. The Hall–Kier alpha value is -5.41. The van der Waals surface area contributed by atoms with Gasteiger partial charge in [0.25, 0.3) is 0 Å². The largest absolute Gasteiger partial charge is 0.260 e. The molecule has 3 atom stereocenters. The van der Waals surface area contributed by atoms with E-state index < -0.39 is 0 Å². The Bertz CT molecular complexity index is 2060. The predicted molar refractivity (Wildman–Crippen MR) is 203 cm³/mol. The summed E-state index contributed by atoms with van der Waals surface area (Å²) in [5.74, 6) is 0.806. The molecule has 49 heavy (non-hydrogen) atoms. The van der Waals surface area contributed by atoms with Crippen LogP contribution in [0.25, 0.3) is 33.7 Å². The molecule has 3 heterocycles. The molecule has 0 saturated heterocycles. The molecule has 0 aliphatic heterocycles. The number of hydrogen-bond donors (Lipinski definition) is 0. The Balaban J connectivity index is 1.28. The topological polar surface area (TPSA) is 38.7 Å². The quantitative estimate of drug-likeness (QED) is 0.167. The summed E-state index contributed by atoms with van der Waals surface area (Å²) in [4.78, 5) is 15.2. The maximum absolute atomic E-state index is 5.18. The molecule has 5 aromatic rings. The SMILES string of the molecule is CC1(c2cc(C3C=CC=CC3)ccn2)C=C(c2cc(-c3ccccc3)nc(-c3ccccc3)c2)C=C(c2cc([C@H]3C=CCCC3)ccn2)C1. The van der Waals surface area contributed by atoms with Crippen molar-refractivity contribution >= 4 is 11.1 Å². The number of hydrogen-bond acceptors (Lipinski definition) is 3. The van der Waals surface area contributed by atoms with Gasteiger partial charge in [0.1, 0.15) is 0 Å². The Morgan fingerprint density at radius 3 is 2.04 bits per heavy atom. The molecule has 0 saturated carbocycles. The van der Waals surface area contributed by atoms with Crippen LogP contribution in [0.5, 0.6) is 0 Å². The summed E-state index contributed by atoms with van der Waals surface area (Å²) < 4.78 is 0. The molecule has 2 unspecified atom stereocenters. The molecule has 3 heteroatoms. The van der Waals surface area contributed by atoms with Gasteiger partial charge in [0.2, 0.25) is 0 Å². The van der Waals surface area contributed by atoms with Crippen LogP contribution in [0.2, 0.25) is 0 Å². The predicted octanol–water partition coefficient (Wildman–Crippen LogP) is 11.5. The van der Waals surface area contributed by atoms with Gasteiger partial charge < -0.3 is 0 Å². The van der Waals surface area contributed by atoms with Crippen LogP contribution in [-0.2, 0) is 5.41 Å². The van der Waals surface area contributed by atoms with Gasteiger partial charge in [-0.2, -0.15) is 0 Å². The lowest BCUT2D eigenvalue weighted by Crippen LogP contribution is -2.24. The van der Waals surface area contributed by atoms with Gasteiger partial charge in [-0.1, -0.05) is 110 Å². The summed E-state index contributed by atoms with van der Waals surface area (Å²) in [6, 6.07) is 34.5. The summed E-state index contributed by atoms with van der Waals surface area (Å²) in [5, 5.41) is 0. The van der Waals surface area contributed by atoms with Crippen molar-refractivity contribution in [3.63, 3.8) is 0 Å². The van der Waals surface area contributed by atoms with E-state index in [4.69, 9.17) is 15.0 Å². The van der Waals surface area contributed by atoms with E-state index in [0.29, 0.717) is 11.8 Å². The molecular weight excluding hydrogens is 595 g/mol. The van der Waals surface area contributed by atoms with Crippen LogP contribution in [0.4, 0.5) is 0 Å². The van der Waals surface area contributed by atoms with Crippen molar-refractivity contribution in [1.82, 2.24) is 15.0 Å². The molecule has 8 rings (SSSR count). The molecule has 240 valence electrons. The normalized spacial score (nSPS) is 21.7. The summed E-state index contributed by atoms with van der Waals surface area (Å²) in [6.07, 6.45) is 27.8. The van der Waals surface area contributed by atoms with Crippen molar-refractivity contribution in [3.8, 4) is 22.5 Å². The third kappa shape index (κ3) is 6.67. The minimum atomic E-state index is -0.352. The standard InChI is InChI=1S/C46H41N3/c1-46(45-30-38(23-25-48-45)34-16-8-3-9-17-34)31-40(26-41(32-46)42-27-37(22-24-47-42)33-14-6-2-7-15-33)39-28-43(35-18-10-4-11-19-35)49-44(29-39)36-20-12-5-13-21-36/h3-6,8-14,16,18-31,33-34H,2,7,15,17,32H2,1H3/t33-,34?,46?/m0/s1. The molecule has 0 spiro atoms. The number of allylic oxidation sites excluding steroid dienone is 10. The summed E-state index contributed by atoms with van der Waals surface area (Å²) >= 11 is 0. The lowest BCUT2D eigenvalue weighted by Gasteiger charge is -2.32. The van der Waals surface area contributed by atoms with Crippen molar-refractivity contribution in [3.05, 3.63) is 186 Å². The highest BCUT2D eigenvalue weighted by Crippen LogP contribution is 2.44. The Morgan fingerprint density at radius 1 is 0.653 bits per heavy atom. The third-order valence-electron chi connectivity index (χ3n) is 10.2. The van der Waals surface area contributed by atoms with Crippen LogP contribution in [0.1, 0.15) is 78.9 Å². The van der Waals surface area contributed by atoms with E-state index in [2.05, 4.69) is 153 Å². The Labute approximate surface area is 290 Å². The highest BCUT2D eigenvalue weighted by atomic mass is 14.7. The van der Waals surface area contributed by atoms with Gasteiger partial charge in [-0.25, -0.2) is 4.98 Å². The number of benzene rings is 2. The smallest absolute Gasteiger partial charge is 0.0715 e. The molecule has 3 aliphatic carbocycles. The van der Waals surface area contributed by atoms with Gasteiger partial charge in [0.05, 0.1) is 22.8 Å². The molecule has 0 N–H and O–H groups in total. The van der Waals surface area contributed by atoms with E-state index in [-0.39, 0.29) is 5.41 Å². The first kappa shape index (κ1) is 30.9. The van der Waals surface area contributed by atoms with Gasteiger partial charge in [0, 0.05) is 40.8 Å². The lowest BCUT2D eigenvalue weighted by atomic mass is 9.72. The second kappa shape index (κ2) is 13.6. The fourth-order valence-electron chi connectivity index (χ4n) is 7.54. The van der Waals surface area contributed by atoms with E-state index in [1.165, 1.54) is 36.0 Å². The maximum atomic E-state index is 5.18. The van der Waals surface area contributed by atoms with Crippen molar-refractivity contribution in [1.29, 1.82) is 0 Å². The highest BCUT2D eigenvalue weighted by molar-refractivity contribution is 5.89. The summed E-state index contributed by atoms with van der Waals surface area (Å²) in [5.41, 5.74) is 12.1. The van der Waals surface area contributed by atoms with Crippen LogP contribution in [0, 0.1) is 0 Å². The Morgan fingerprint density at radius 2 is 1.37 bits per heavy atom. The van der Waals surface area contributed by atoms with Gasteiger partial charge >= 0.3 is 0 Å². The van der Waals surface area contributed by atoms with Crippen molar-refractivity contribution < 1.29 is 0 Å². The van der Waals surface area contributed by atoms with E-state index in [0.717, 1.165) is 57.9 Å². The molecule has 0 bridgehead atoms. The van der Waals surface area contributed by atoms with Crippen LogP contribution in [-0.4, -0.2) is 15.0 Å². The molecule has 2 aromatic carbocycles. The summed E-state index contributed by atoms with van der Waals surface area (Å²) in [7, 11) is 0. The second-order valence-corrected chi connectivity index (χ2v) is 13.8. The van der Waals surface area contributed by atoms with E-state index in [1.54, 1.807) is 0 Å². The first-order valence-electron chi connectivity index (χ1n) is 17.6. The van der Waals surface area contributed by atoms with Crippen LogP contribution in [0.15, 0.2) is 158 Å². The Kier molecular flexibility index (Phi) is 8.58. The van der Waals surface area contributed by atoms with Crippen molar-refractivity contribution in [2.24, 2.45) is 0 Å². The van der Waals surface area contributed by atoms with Crippen LogP contribution in [0.3, 0.4) is 0 Å². The average Bonchev–Trinajstić information content (AvgIpc) is 3.19. The summed E-state index contributed by atoms with van der Waals surface area (Å²) in [6.45, 7) is 2.34. The van der Waals surface area contributed by atoms with E-state index in [9.17, 15) is 0 Å². The van der Waals surface area contributed by atoms with Gasteiger partial charge in [0.15, 0.2) is 0 Å². The van der Waals surface area contributed by atoms with Crippen LogP contribution >= 0.6 is 0 Å². The molecule has 3 aliphatic rings. The number of nitrogens with zero attached hydrogens (tertiary/aromatic N) is 3. The molecule has 3 aromatic heterocycles. The first-order valence-corrected chi connectivity index (χ1v) is 17.6. The zero-order chi connectivity index (χ0) is 33.0. The molecule has 0 amide bonds. The fourth-order valence-corrected chi connectivity index (χ4v) is 7.54. The zero-order valence-electron chi connectivity index (χ0n) is 28.0. The fraction of sp³-hybridized carbons (Fsp3) is 0.196. The molecule has 3 nitrogen and oxygen atoms in total. The number of rotatable bonds is 7. The van der Waals surface area contributed by atoms with Gasteiger partial charge in [-0.3, -0.25) is 9.97 Å². The minimum absolute atomic E-state index is 0.352. The van der Waals surface area contributed by atoms with Crippen LogP contribution < -0.4 is 0 Å². The molecule has 0 fully saturated rings. The van der Waals surface area contributed by atoms with Gasteiger partial charge in [-0.15, -0.1) is 0 Å². The second-order valence-electron chi connectivity index (χ2n) is 13.8. The minimum Gasteiger partial charge on any atom is -0.260 e. The highest BCUT2D eigenvalue weighted by Gasteiger charge is 2.33. The average molecular weight is 636 g/mol.